The minimum atomic E-state index is -0.201. The molecular weight excluding hydrogens is 280 g/mol. The summed E-state index contributed by atoms with van der Waals surface area (Å²) >= 11 is 0. The van der Waals surface area contributed by atoms with Gasteiger partial charge in [0, 0.05) is 39.3 Å². The molecule has 0 aliphatic carbocycles. The summed E-state index contributed by atoms with van der Waals surface area (Å²) < 4.78 is 10.8. The maximum atomic E-state index is 12.1. The van der Waals surface area contributed by atoms with Crippen LogP contribution in [0.3, 0.4) is 0 Å². The smallest absolute Gasteiger partial charge is 0.410 e. The van der Waals surface area contributed by atoms with Gasteiger partial charge < -0.3 is 14.4 Å². The van der Waals surface area contributed by atoms with E-state index in [0.717, 1.165) is 51.5 Å². The summed E-state index contributed by atoms with van der Waals surface area (Å²) in [5.74, 6) is 0.664. The van der Waals surface area contributed by atoms with Crippen molar-refractivity contribution in [3.05, 3.63) is 35.9 Å². The van der Waals surface area contributed by atoms with Gasteiger partial charge in [0.15, 0.2) is 0 Å². The zero-order valence-electron chi connectivity index (χ0n) is 12.9. The van der Waals surface area contributed by atoms with Crippen molar-refractivity contribution in [1.82, 2.24) is 9.80 Å². The Morgan fingerprint density at radius 1 is 1.18 bits per heavy atom. The summed E-state index contributed by atoms with van der Waals surface area (Å²) in [6.45, 7) is 6.58. The van der Waals surface area contributed by atoms with E-state index in [1.807, 2.05) is 35.2 Å². The number of hydrogen-bond acceptors (Lipinski definition) is 4. The van der Waals surface area contributed by atoms with E-state index in [0.29, 0.717) is 12.5 Å². The predicted molar refractivity (Wildman–Crippen MR) is 83.6 cm³/mol. The van der Waals surface area contributed by atoms with Crippen LogP contribution in [0.5, 0.6) is 0 Å². The fourth-order valence-corrected chi connectivity index (χ4v) is 3.02. The van der Waals surface area contributed by atoms with Crippen LogP contribution in [0, 0.1) is 5.92 Å². The van der Waals surface area contributed by atoms with Gasteiger partial charge in [-0.05, 0) is 17.9 Å². The molecule has 3 rings (SSSR count). The van der Waals surface area contributed by atoms with Crippen molar-refractivity contribution >= 4 is 6.09 Å². The van der Waals surface area contributed by atoms with Gasteiger partial charge in [-0.25, -0.2) is 4.79 Å². The molecule has 1 atom stereocenters. The fraction of sp³-hybridized carbons (Fsp3) is 0.588. The molecule has 1 unspecified atom stereocenters. The molecule has 2 fully saturated rings. The van der Waals surface area contributed by atoms with Crippen LogP contribution in [-0.2, 0) is 16.1 Å². The van der Waals surface area contributed by atoms with E-state index < -0.39 is 0 Å². The summed E-state index contributed by atoms with van der Waals surface area (Å²) in [6, 6.07) is 9.80. The predicted octanol–water partition coefficient (Wildman–Crippen LogP) is 1.98. The maximum Gasteiger partial charge on any atom is 0.410 e. The fourth-order valence-electron chi connectivity index (χ4n) is 3.02. The Morgan fingerprint density at radius 2 is 1.95 bits per heavy atom. The third-order valence-electron chi connectivity index (χ3n) is 4.38. The number of rotatable bonds is 4. The maximum absolute atomic E-state index is 12.1. The SMILES string of the molecule is O=C(OCc1ccccc1)N1CCN(CC2CCOC2)CC1. The highest BCUT2D eigenvalue weighted by atomic mass is 16.6. The third kappa shape index (κ3) is 4.21. The third-order valence-corrected chi connectivity index (χ3v) is 4.38. The molecule has 2 heterocycles. The standard InChI is InChI=1S/C17H24N2O3/c20-17(22-14-15-4-2-1-3-5-15)19-9-7-18(8-10-19)12-16-6-11-21-13-16/h1-5,16H,6-14H2. The van der Waals surface area contributed by atoms with Crippen LogP contribution in [0.1, 0.15) is 12.0 Å². The van der Waals surface area contributed by atoms with Crippen LogP contribution < -0.4 is 0 Å². The Balaban J connectivity index is 1.38. The number of nitrogens with zero attached hydrogens (tertiary/aromatic N) is 2. The van der Waals surface area contributed by atoms with E-state index in [-0.39, 0.29) is 6.09 Å². The summed E-state index contributed by atoms with van der Waals surface area (Å²) in [5, 5.41) is 0. The minimum Gasteiger partial charge on any atom is -0.445 e. The van der Waals surface area contributed by atoms with Crippen molar-refractivity contribution < 1.29 is 14.3 Å². The van der Waals surface area contributed by atoms with Gasteiger partial charge in [0.2, 0.25) is 0 Å². The largest absolute Gasteiger partial charge is 0.445 e. The van der Waals surface area contributed by atoms with E-state index in [9.17, 15) is 4.79 Å². The lowest BCUT2D eigenvalue weighted by Crippen LogP contribution is -2.49. The molecule has 1 aromatic rings. The Hall–Kier alpha value is -1.59. The first-order valence-corrected chi connectivity index (χ1v) is 8.07. The van der Waals surface area contributed by atoms with Crippen LogP contribution in [0.2, 0.25) is 0 Å². The van der Waals surface area contributed by atoms with Gasteiger partial charge in [-0.3, -0.25) is 4.90 Å². The molecule has 0 N–H and O–H groups in total. The molecule has 0 bridgehead atoms. The molecule has 22 heavy (non-hydrogen) atoms. The monoisotopic (exact) mass is 304 g/mol. The van der Waals surface area contributed by atoms with Gasteiger partial charge in [-0.2, -0.15) is 0 Å². The Kier molecular flexibility index (Phi) is 5.29. The summed E-state index contributed by atoms with van der Waals surface area (Å²) in [7, 11) is 0. The summed E-state index contributed by atoms with van der Waals surface area (Å²) in [5.41, 5.74) is 1.02. The molecule has 1 aromatic carbocycles. The van der Waals surface area contributed by atoms with Crippen molar-refractivity contribution in [3.8, 4) is 0 Å². The number of carbonyl (C=O) groups is 1. The van der Waals surface area contributed by atoms with Crippen LogP contribution in [0.4, 0.5) is 4.79 Å². The van der Waals surface area contributed by atoms with Crippen molar-refractivity contribution in [1.29, 1.82) is 0 Å². The van der Waals surface area contributed by atoms with E-state index in [1.165, 1.54) is 6.42 Å². The van der Waals surface area contributed by atoms with Gasteiger partial charge >= 0.3 is 6.09 Å². The lowest BCUT2D eigenvalue weighted by atomic mass is 10.1. The zero-order chi connectivity index (χ0) is 15.2. The molecule has 5 heteroatoms. The molecule has 5 nitrogen and oxygen atoms in total. The summed E-state index contributed by atoms with van der Waals surface area (Å²) in [4.78, 5) is 16.3. The van der Waals surface area contributed by atoms with Crippen molar-refractivity contribution in [2.75, 3.05) is 45.9 Å². The zero-order valence-corrected chi connectivity index (χ0v) is 12.9. The Morgan fingerprint density at radius 3 is 2.64 bits per heavy atom. The number of benzene rings is 1. The number of amides is 1. The first-order chi connectivity index (χ1) is 10.8. The van der Waals surface area contributed by atoms with Crippen molar-refractivity contribution in [3.63, 3.8) is 0 Å². The van der Waals surface area contributed by atoms with Gasteiger partial charge in [-0.1, -0.05) is 30.3 Å². The van der Waals surface area contributed by atoms with Gasteiger partial charge in [-0.15, -0.1) is 0 Å². The second-order valence-corrected chi connectivity index (χ2v) is 6.06. The van der Waals surface area contributed by atoms with Gasteiger partial charge in [0.05, 0.1) is 6.61 Å². The highest BCUT2D eigenvalue weighted by Gasteiger charge is 2.25. The lowest BCUT2D eigenvalue weighted by molar-refractivity contribution is 0.0668. The topological polar surface area (TPSA) is 42.0 Å². The molecule has 2 aliphatic heterocycles. The van der Waals surface area contributed by atoms with Crippen LogP contribution in [0.25, 0.3) is 0 Å². The Labute approximate surface area is 131 Å². The number of hydrogen-bond donors (Lipinski definition) is 0. The highest BCUT2D eigenvalue weighted by molar-refractivity contribution is 5.67. The van der Waals surface area contributed by atoms with Crippen LogP contribution >= 0.6 is 0 Å². The molecule has 0 aromatic heterocycles. The van der Waals surface area contributed by atoms with Gasteiger partial charge in [0.1, 0.15) is 6.61 Å². The number of carbonyl (C=O) groups excluding carboxylic acids is 1. The number of ether oxygens (including phenoxy) is 2. The molecule has 2 aliphatic rings. The average molecular weight is 304 g/mol. The Bertz CT molecular complexity index is 466. The molecule has 120 valence electrons. The van der Waals surface area contributed by atoms with Crippen molar-refractivity contribution in [2.45, 2.75) is 13.0 Å². The van der Waals surface area contributed by atoms with E-state index >= 15 is 0 Å². The van der Waals surface area contributed by atoms with E-state index in [1.54, 1.807) is 0 Å². The lowest BCUT2D eigenvalue weighted by Gasteiger charge is -2.35. The first-order valence-electron chi connectivity index (χ1n) is 8.07. The molecule has 0 saturated carbocycles. The van der Waals surface area contributed by atoms with Crippen LogP contribution in [-0.4, -0.2) is 61.8 Å². The summed E-state index contributed by atoms with van der Waals surface area (Å²) in [6.07, 6.45) is 0.965. The van der Waals surface area contributed by atoms with Crippen molar-refractivity contribution in [2.24, 2.45) is 5.92 Å². The molecule has 0 spiro atoms. The first kappa shape index (κ1) is 15.3. The van der Waals surface area contributed by atoms with Gasteiger partial charge in [0.25, 0.3) is 0 Å². The molecule has 0 radical (unpaired) electrons. The van der Waals surface area contributed by atoms with E-state index in [4.69, 9.17) is 9.47 Å². The molecule has 1 amide bonds. The van der Waals surface area contributed by atoms with E-state index in [2.05, 4.69) is 4.90 Å². The molecular formula is C17H24N2O3. The second kappa shape index (κ2) is 7.61. The number of piperazine rings is 1. The normalized spacial score (nSPS) is 22.7. The second-order valence-electron chi connectivity index (χ2n) is 6.06. The molecule has 2 saturated heterocycles. The quantitative estimate of drug-likeness (QED) is 0.853. The van der Waals surface area contributed by atoms with Crippen LogP contribution in [0.15, 0.2) is 30.3 Å². The average Bonchev–Trinajstić information content (AvgIpc) is 3.07. The minimum absolute atomic E-state index is 0.201. The highest BCUT2D eigenvalue weighted by Crippen LogP contribution is 2.15.